The second-order valence-electron chi connectivity index (χ2n) is 5.57. The second-order valence-corrected chi connectivity index (χ2v) is 5.57. The van der Waals surface area contributed by atoms with E-state index in [4.69, 9.17) is 4.74 Å². The van der Waals surface area contributed by atoms with Crippen LogP contribution in [0.2, 0.25) is 0 Å². The maximum Gasteiger partial charge on any atom is 0.319 e. The van der Waals surface area contributed by atoms with Gasteiger partial charge in [-0.1, -0.05) is 0 Å². The Bertz CT molecular complexity index is 656. The van der Waals surface area contributed by atoms with Crippen LogP contribution in [0.3, 0.4) is 0 Å². The van der Waals surface area contributed by atoms with E-state index in [1.807, 2.05) is 4.68 Å². The van der Waals surface area contributed by atoms with Gasteiger partial charge in [0.15, 0.2) is 0 Å². The molecular weight excluding hydrogens is 294 g/mol. The summed E-state index contributed by atoms with van der Waals surface area (Å²) in [6.45, 7) is 1.35. The summed E-state index contributed by atoms with van der Waals surface area (Å²) in [5.74, 6) is 0. The molecule has 0 bridgehead atoms. The monoisotopic (exact) mass is 315 g/mol. The van der Waals surface area contributed by atoms with Gasteiger partial charge in [0.2, 0.25) is 0 Å². The summed E-state index contributed by atoms with van der Waals surface area (Å²) < 4.78 is 6.99. The predicted molar refractivity (Wildman–Crippen MR) is 86.2 cm³/mol. The fourth-order valence-electron chi connectivity index (χ4n) is 2.80. The quantitative estimate of drug-likeness (QED) is 0.885. The number of carbonyl (C=O) groups is 1. The molecule has 3 rings (SSSR count). The molecule has 0 aromatic carbocycles. The summed E-state index contributed by atoms with van der Waals surface area (Å²) in [7, 11) is 1.68. The Balaban J connectivity index is 1.65. The van der Waals surface area contributed by atoms with E-state index in [9.17, 15) is 4.79 Å². The van der Waals surface area contributed by atoms with Gasteiger partial charge in [-0.2, -0.15) is 5.10 Å². The van der Waals surface area contributed by atoms with Gasteiger partial charge in [0, 0.05) is 31.4 Å². The van der Waals surface area contributed by atoms with Gasteiger partial charge in [0.05, 0.1) is 24.9 Å². The highest BCUT2D eigenvalue weighted by molar-refractivity contribution is 5.89. The number of amides is 2. The Morgan fingerprint density at radius 1 is 1.43 bits per heavy atom. The van der Waals surface area contributed by atoms with E-state index in [0.29, 0.717) is 6.61 Å². The molecule has 23 heavy (non-hydrogen) atoms. The first kappa shape index (κ1) is 15.5. The summed E-state index contributed by atoms with van der Waals surface area (Å²) in [6, 6.07) is 3.24. The van der Waals surface area contributed by atoms with E-state index < -0.39 is 0 Å². The van der Waals surface area contributed by atoms with Crippen molar-refractivity contribution in [1.29, 1.82) is 0 Å². The number of aromatic nitrogens is 3. The van der Waals surface area contributed by atoms with Crippen molar-refractivity contribution < 1.29 is 9.53 Å². The first-order valence-corrected chi connectivity index (χ1v) is 7.79. The van der Waals surface area contributed by atoms with Gasteiger partial charge in [0.25, 0.3) is 0 Å². The Morgan fingerprint density at radius 3 is 3.04 bits per heavy atom. The minimum atomic E-state index is -0.222. The van der Waals surface area contributed by atoms with Crippen LogP contribution in [0.15, 0.2) is 30.7 Å². The number of urea groups is 1. The number of rotatable bonds is 5. The largest absolute Gasteiger partial charge is 0.383 e. The summed E-state index contributed by atoms with van der Waals surface area (Å²) in [4.78, 5) is 16.1. The van der Waals surface area contributed by atoms with E-state index in [1.165, 1.54) is 5.56 Å². The van der Waals surface area contributed by atoms with Crippen molar-refractivity contribution in [1.82, 2.24) is 20.1 Å². The number of fused-ring (bicyclic) bond motifs is 1. The lowest BCUT2D eigenvalue weighted by molar-refractivity contribution is 0.183. The molecule has 0 unspecified atom stereocenters. The van der Waals surface area contributed by atoms with Crippen molar-refractivity contribution in [2.75, 3.05) is 19.0 Å². The lowest BCUT2D eigenvalue weighted by Gasteiger charge is -2.22. The number of ether oxygens (including phenoxy) is 1. The summed E-state index contributed by atoms with van der Waals surface area (Å²) in [6.07, 6.45) is 8.30. The fraction of sp³-hybridized carbons (Fsp3) is 0.438. The first-order chi connectivity index (χ1) is 11.3. The normalized spacial score (nSPS) is 16.7. The number of hydrogen-bond donors (Lipinski definition) is 2. The highest BCUT2D eigenvalue weighted by Gasteiger charge is 2.25. The smallest absolute Gasteiger partial charge is 0.319 e. The van der Waals surface area contributed by atoms with E-state index in [1.54, 1.807) is 31.6 Å². The van der Waals surface area contributed by atoms with E-state index in [0.717, 1.165) is 37.2 Å². The molecule has 7 heteroatoms. The van der Waals surface area contributed by atoms with E-state index in [2.05, 4.69) is 26.9 Å². The van der Waals surface area contributed by atoms with Gasteiger partial charge >= 0.3 is 6.03 Å². The molecule has 0 fully saturated rings. The average Bonchev–Trinajstić information content (AvgIpc) is 2.98. The molecule has 0 saturated heterocycles. The van der Waals surface area contributed by atoms with Crippen LogP contribution in [0.5, 0.6) is 0 Å². The molecule has 7 nitrogen and oxygen atoms in total. The molecule has 0 radical (unpaired) electrons. The van der Waals surface area contributed by atoms with Crippen molar-refractivity contribution in [3.8, 4) is 0 Å². The Morgan fingerprint density at radius 2 is 2.26 bits per heavy atom. The molecule has 0 spiro atoms. The van der Waals surface area contributed by atoms with Gasteiger partial charge in [0.1, 0.15) is 0 Å². The third-order valence-electron chi connectivity index (χ3n) is 3.91. The first-order valence-electron chi connectivity index (χ1n) is 7.79. The van der Waals surface area contributed by atoms with Gasteiger partial charge in [-0.3, -0.25) is 9.67 Å². The average molecular weight is 315 g/mol. The number of pyridine rings is 1. The number of aryl methyl sites for hydroxylation is 1. The van der Waals surface area contributed by atoms with Crippen molar-refractivity contribution in [3.63, 3.8) is 0 Å². The molecule has 2 aromatic rings. The summed E-state index contributed by atoms with van der Waals surface area (Å²) >= 11 is 0. The zero-order valence-corrected chi connectivity index (χ0v) is 13.2. The maximum atomic E-state index is 12.2. The van der Waals surface area contributed by atoms with Crippen LogP contribution in [-0.2, 0) is 17.7 Å². The molecule has 2 amide bonds. The number of anilines is 1. The molecule has 0 saturated carbocycles. The number of carbonyl (C=O) groups excluding carboxylic acids is 1. The van der Waals surface area contributed by atoms with Crippen molar-refractivity contribution in [2.24, 2.45) is 0 Å². The third kappa shape index (κ3) is 3.87. The van der Waals surface area contributed by atoms with Crippen LogP contribution in [0, 0.1) is 0 Å². The van der Waals surface area contributed by atoms with Crippen LogP contribution < -0.4 is 10.6 Å². The van der Waals surface area contributed by atoms with Crippen LogP contribution in [0.4, 0.5) is 10.5 Å². The Hall–Kier alpha value is -2.41. The molecule has 1 atom stereocenters. The maximum absolute atomic E-state index is 12.2. The molecular formula is C16H21N5O2. The summed E-state index contributed by atoms with van der Waals surface area (Å²) in [5.41, 5.74) is 2.90. The topological polar surface area (TPSA) is 81.1 Å². The van der Waals surface area contributed by atoms with Crippen molar-refractivity contribution in [2.45, 2.75) is 31.8 Å². The Labute approximate surface area is 135 Å². The Kier molecular flexibility index (Phi) is 4.87. The standard InChI is InChI=1S/C16H21N5O2/c1-23-10-9-21-11-12-3-2-4-14(15(12)20-21)19-16(22)18-13-5-7-17-8-6-13/h5-8,11,14H,2-4,9-10H2,1H3,(H2,17,18,19,22)/t14-/m0/s1. The van der Waals surface area contributed by atoms with Crippen LogP contribution >= 0.6 is 0 Å². The van der Waals surface area contributed by atoms with Crippen LogP contribution in [-0.4, -0.2) is 34.5 Å². The number of hydrogen-bond acceptors (Lipinski definition) is 4. The molecule has 2 heterocycles. The zero-order chi connectivity index (χ0) is 16.1. The summed E-state index contributed by atoms with van der Waals surface area (Å²) in [5, 5.41) is 10.4. The molecule has 2 N–H and O–H groups in total. The minimum Gasteiger partial charge on any atom is -0.383 e. The minimum absolute atomic E-state index is 0.0515. The fourth-order valence-corrected chi connectivity index (χ4v) is 2.80. The molecule has 2 aromatic heterocycles. The number of nitrogens with one attached hydrogen (secondary N) is 2. The van der Waals surface area contributed by atoms with Crippen molar-refractivity contribution in [3.05, 3.63) is 42.0 Å². The van der Waals surface area contributed by atoms with Crippen molar-refractivity contribution >= 4 is 11.7 Å². The van der Waals surface area contributed by atoms with Gasteiger partial charge in [-0.05, 0) is 37.0 Å². The SMILES string of the molecule is COCCn1cc2c(n1)[C@@H](NC(=O)Nc1ccncc1)CCC2. The second kappa shape index (κ2) is 7.23. The lowest BCUT2D eigenvalue weighted by atomic mass is 9.94. The molecule has 122 valence electrons. The number of nitrogens with zero attached hydrogens (tertiary/aromatic N) is 3. The highest BCUT2D eigenvalue weighted by atomic mass is 16.5. The molecule has 1 aliphatic rings. The van der Waals surface area contributed by atoms with Crippen LogP contribution in [0.25, 0.3) is 0 Å². The lowest BCUT2D eigenvalue weighted by Crippen LogP contribution is -2.34. The number of methoxy groups -OCH3 is 1. The van der Waals surface area contributed by atoms with Gasteiger partial charge < -0.3 is 15.4 Å². The van der Waals surface area contributed by atoms with E-state index in [-0.39, 0.29) is 12.1 Å². The van der Waals surface area contributed by atoms with Crippen LogP contribution in [0.1, 0.15) is 30.1 Å². The molecule has 0 aliphatic heterocycles. The molecule has 1 aliphatic carbocycles. The van der Waals surface area contributed by atoms with E-state index >= 15 is 0 Å². The van der Waals surface area contributed by atoms with Gasteiger partial charge in [-0.15, -0.1) is 0 Å². The van der Waals surface area contributed by atoms with Gasteiger partial charge in [-0.25, -0.2) is 4.79 Å². The predicted octanol–water partition coefficient (Wildman–Crippen LogP) is 2.12. The zero-order valence-electron chi connectivity index (χ0n) is 13.2. The highest BCUT2D eigenvalue weighted by Crippen LogP contribution is 2.28. The third-order valence-corrected chi connectivity index (χ3v) is 3.91.